The zero-order chi connectivity index (χ0) is 17.0. The van der Waals surface area contributed by atoms with Crippen molar-refractivity contribution >= 4 is 16.8 Å². The maximum Gasteiger partial charge on any atom is 0.260 e. The summed E-state index contributed by atoms with van der Waals surface area (Å²) < 4.78 is 6.52. The number of aromatic nitrogens is 2. The predicted molar refractivity (Wildman–Crippen MR) is 85.1 cm³/mol. The van der Waals surface area contributed by atoms with Crippen molar-refractivity contribution in [3.63, 3.8) is 0 Å². The van der Waals surface area contributed by atoms with Crippen molar-refractivity contribution < 1.29 is 9.53 Å². The summed E-state index contributed by atoms with van der Waals surface area (Å²) in [5.41, 5.74) is 0.421. The molecule has 2 aromatic heterocycles. The van der Waals surface area contributed by atoms with Gasteiger partial charge in [-0.05, 0) is 12.1 Å². The van der Waals surface area contributed by atoms with Crippen LogP contribution >= 0.6 is 0 Å². The molecule has 7 nitrogen and oxygen atoms in total. The minimum atomic E-state index is -0.257. The predicted octanol–water partition coefficient (Wildman–Crippen LogP) is 1.05. The average Bonchev–Trinajstić information content (AvgIpc) is 2.55. The number of amides is 1. The summed E-state index contributed by atoms with van der Waals surface area (Å²) in [4.78, 5) is 28.2. The van der Waals surface area contributed by atoms with Crippen molar-refractivity contribution in [2.45, 2.75) is 20.4 Å². The highest BCUT2D eigenvalue weighted by Gasteiger charge is 2.11. The van der Waals surface area contributed by atoms with Crippen molar-refractivity contribution in [1.29, 1.82) is 5.26 Å². The van der Waals surface area contributed by atoms with E-state index in [0.717, 1.165) is 0 Å². The van der Waals surface area contributed by atoms with Gasteiger partial charge in [-0.25, -0.2) is 4.98 Å². The Kier molecular flexibility index (Phi) is 4.96. The van der Waals surface area contributed by atoms with Crippen LogP contribution in [0.3, 0.4) is 0 Å². The number of hydrogen-bond donors (Lipinski definition) is 1. The molecule has 0 radical (unpaired) electrons. The standard InChI is InChI=1S/C16H18N4O3/c1-10(2)14(21)18-5-7-20-6-4-13-12(16(20)22)8-11(9-17)15(19-13)23-3/h4,6,8,10H,5,7H2,1-3H3,(H,18,21). The van der Waals surface area contributed by atoms with Crippen molar-refractivity contribution in [3.8, 4) is 11.9 Å². The fraction of sp³-hybridized carbons (Fsp3) is 0.375. The quantitative estimate of drug-likeness (QED) is 0.889. The molecule has 0 spiro atoms. The van der Waals surface area contributed by atoms with Crippen LogP contribution in [0.25, 0.3) is 10.9 Å². The van der Waals surface area contributed by atoms with Crippen LogP contribution in [0.2, 0.25) is 0 Å². The van der Waals surface area contributed by atoms with Crippen molar-refractivity contribution in [2.75, 3.05) is 13.7 Å². The van der Waals surface area contributed by atoms with E-state index in [1.54, 1.807) is 26.1 Å². The molecule has 0 aliphatic carbocycles. The van der Waals surface area contributed by atoms with E-state index in [1.165, 1.54) is 17.7 Å². The molecule has 2 aromatic rings. The molecule has 23 heavy (non-hydrogen) atoms. The summed E-state index contributed by atoms with van der Waals surface area (Å²) in [6.07, 6.45) is 1.62. The smallest absolute Gasteiger partial charge is 0.260 e. The zero-order valence-corrected chi connectivity index (χ0v) is 13.3. The fourth-order valence-corrected chi connectivity index (χ4v) is 2.11. The Morgan fingerprint density at radius 2 is 2.26 bits per heavy atom. The molecule has 0 aliphatic heterocycles. The molecule has 2 heterocycles. The molecular weight excluding hydrogens is 296 g/mol. The second-order valence-electron chi connectivity index (χ2n) is 5.35. The molecule has 1 amide bonds. The van der Waals surface area contributed by atoms with Gasteiger partial charge in [-0.3, -0.25) is 9.59 Å². The lowest BCUT2D eigenvalue weighted by Crippen LogP contribution is -2.33. The van der Waals surface area contributed by atoms with E-state index >= 15 is 0 Å². The molecule has 0 saturated heterocycles. The summed E-state index contributed by atoms with van der Waals surface area (Å²) in [5.74, 6) is 0.0385. The van der Waals surface area contributed by atoms with Gasteiger partial charge in [0.1, 0.15) is 11.6 Å². The lowest BCUT2D eigenvalue weighted by atomic mass is 10.2. The number of fused-ring (bicyclic) bond motifs is 1. The highest BCUT2D eigenvalue weighted by molar-refractivity contribution is 5.80. The van der Waals surface area contributed by atoms with Crippen LogP contribution < -0.4 is 15.6 Å². The number of ether oxygens (including phenoxy) is 1. The maximum atomic E-state index is 12.5. The second kappa shape index (κ2) is 6.92. The first-order valence-electron chi connectivity index (χ1n) is 7.24. The Hall–Kier alpha value is -2.88. The number of nitriles is 1. The number of pyridine rings is 2. The lowest BCUT2D eigenvalue weighted by Gasteiger charge is -2.10. The maximum absolute atomic E-state index is 12.5. The Bertz CT molecular complexity index is 834. The summed E-state index contributed by atoms with van der Waals surface area (Å²) in [6, 6.07) is 5.13. The van der Waals surface area contributed by atoms with E-state index in [0.29, 0.717) is 24.0 Å². The van der Waals surface area contributed by atoms with Crippen LogP contribution in [0, 0.1) is 17.2 Å². The van der Waals surface area contributed by atoms with Gasteiger partial charge in [0.25, 0.3) is 5.56 Å². The van der Waals surface area contributed by atoms with Crippen molar-refractivity contribution in [3.05, 3.63) is 34.2 Å². The van der Waals surface area contributed by atoms with Gasteiger partial charge in [0.2, 0.25) is 11.8 Å². The second-order valence-corrected chi connectivity index (χ2v) is 5.35. The molecule has 120 valence electrons. The van der Waals surface area contributed by atoms with Crippen LogP contribution in [-0.2, 0) is 11.3 Å². The van der Waals surface area contributed by atoms with Crippen LogP contribution in [0.4, 0.5) is 0 Å². The highest BCUT2D eigenvalue weighted by Crippen LogP contribution is 2.18. The molecule has 0 bridgehead atoms. The Labute approximate surface area is 133 Å². The summed E-state index contributed by atoms with van der Waals surface area (Å²) >= 11 is 0. The minimum absolute atomic E-state index is 0.0583. The summed E-state index contributed by atoms with van der Waals surface area (Å²) in [5, 5.41) is 12.2. The van der Waals surface area contributed by atoms with Gasteiger partial charge in [-0.15, -0.1) is 0 Å². The molecule has 0 fully saturated rings. The third-order valence-electron chi connectivity index (χ3n) is 3.41. The number of hydrogen-bond acceptors (Lipinski definition) is 5. The van der Waals surface area contributed by atoms with Gasteiger partial charge in [0.15, 0.2) is 0 Å². The first kappa shape index (κ1) is 16.5. The lowest BCUT2D eigenvalue weighted by molar-refractivity contribution is -0.124. The Morgan fingerprint density at radius 3 is 2.87 bits per heavy atom. The normalized spacial score (nSPS) is 10.6. The Morgan fingerprint density at radius 1 is 1.52 bits per heavy atom. The first-order valence-corrected chi connectivity index (χ1v) is 7.24. The van der Waals surface area contributed by atoms with Gasteiger partial charge < -0.3 is 14.6 Å². The monoisotopic (exact) mass is 314 g/mol. The van der Waals surface area contributed by atoms with Crippen LogP contribution in [0.15, 0.2) is 23.1 Å². The molecule has 0 atom stereocenters. The van der Waals surface area contributed by atoms with Crippen molar-refractivity contribution in [2.24, 2.45) is 5.92 Å². The molecule has 0 unspecified atom stereocenters. The summed E-state index contributed by atoms with van der Waals surface area (Å²) in [6.45, 7) is 4.32. The highest BCUT2D eigenvalue weighted by atomic mass is 16.5. The number of methoxy groups -OCH3 is 1. The number of carbonyl (C=O) groups is 1. The summed E-state index contributed by atoms with van der Waals surface area (Å²) in [7, 11) is 1.42. The van der Waals surface area contributed by atoms with E-state index in [9.17, 15) is 9.59 Å². The van der Waals surface area contributed by atoms with Crippen molar-refractivity contribution in [1.82, 2.24) is 14.9 Å². The minimum Gasteiger partial charge on any atom is -0.480 e. The topological polar surface area (TPSA) is 97.0 Å². The molecule has 0 saturated carbocycles. The largest absolute Gasteiger partial charge is 0.480 e. The number of nitrogens with zero attached hydrogens (tertiary/aromatic N) is 3. The van der Waals surface area contributed by atoms with Gasteiger partial charge in [0, 0.05) is 25.2 Å². The first-order chi connectivity index (χ1) is 11.0. The van der Waals surface area contributed by atoms with Crippen LogP contribution in [-0.4, -0.2) is 29.1 Å². The molecule has 0 aromatic carbocycles. The van der Waals surface area contributed by atoms with Gasteiger partial charge >= 0.3 is 0 Å². The van der Waals surface area contributed by atoms with Gasteiger partial charge in [-0.2, -0.15) is 5.26 Å². The zero-order valence-electron chi connectivity index (χ0n) is 13.3. The molecule has 1 N–H and O–H groups in total. The third-order valence-corrected chi connectivity index (χ3v) is 3.41. The molecule has 7 heteroatoms. The number of nitrogens with one attached hydrogen (secondary N) is 1. The SMILES string of the molecule is COc1nc2ccn(CCNC(=O)C(C)C)c(=O)c2cc1C#N. The molecule has 2 rings (SSSR count). The van der Waals surface area contributed by atoms with E-state index in [1.807, 2.05) is 6.07 Å². The van der Waals surface area contributed by atoms with Crippen LogP contribution in [0.5, 0.6) is 5.88 Å². The fourth-order valence-electron chi connectivity index (χ4n) is 2.11. The van der Waals surface area contributed by atoms with E-state index in [4.69, 9.17) is 10.00 Å². The van der Waals surface area contributed by atoms with Gasteiger partial charge in [-0.1, -0.05) is 13.8 Å². The van der Waals surface area contributed by atoms with E-state index in [-0.39, 0.29) is 28.8 Å². The average molecular weight is 314 g/mol. The van der Waals surface area contributed by atoms with Crippen LogP contribution in [0.1, 0.15) is 19.4 Å². The molecular formula is C16H18N4O3. The van der Waals surface area contributed by atoms with E-state index < -0.39 is 0 Å². The third kappa shape index (κ3) is 3.48. The molecule has 0 aliphatic rings. The Balaban J connectivity index is 2.30. The number of rotatable bonds is 5. The van der Waals surface area contributed by atoms with Gasteiger partial charge in [0.05, 0.1) is 18.0 Å². The van der Waals surface area contributed by atoms with E-state index in [2.05, 4.69) is 10.3 Å². The number of carbonyl (C=O) groups excluding carboxylic acids is 1.